The highest BCUT2D eigenvalue weighted by Crippen LogP contribution is 2.40. The Balaban J connectivity index is 1.75. The van der Waals surface area contributed by atoms with Crippen molar-refractivity contribution in [3.63, 3.8) is 0 Å². The normalized spacial score (nSPS) is 18.2. The maximum absolute atomic E-state index is 6.40. The molecule has 1 heterocycles. The Bertz CT molecular complexity index is 981. The average Bonchev–Trinajstić information content (AvgIpc) is 2.71. The van der Waals surface area contributed by atoms with Crippen molar-refractivity contribution in [2.75, 3.05) is 11.5 Å². The first-order valence-corrected chi connectivity index (χ1v) is 10.8. The summed E-state index contributed by atoms with van der Waals surface area (Å²) in [6.45, 7) is 6.86. The Morgan fingerprint density at radius 3 is 2.37 bits per heavy atom. The van der Waals surface area contributed by atoms with Crippen LogP contribution in [0.4, 0.5) is 5.69 Å². The Morgan fingerprint density at radius 1 is 1.00 bits per heavy atom. The van der Waals surface area contributed by atoms with Crippen LogP contribution in [0, 0.1) is 13.8 Å². The van der Waals surface area contributed by atoms with Gasteiger partial charge in [-0.25, -0.2) is 4.99 Å². The second kappa shape index (κ2) is 8.01. The standard InChI is InChI=1S/C24H31N5O/c1-4-30-21-16(2)13-19(14-17(21)3)18-9-8-10-20(15-18)29-23(26)27-22(25)28-24(29)11-6-5-7-12-24/h8-10,13-15H,4-7,11-12H2,1-3H3,(H4,25,26,27,28). The van der Waals surface area contributed by atoms with E-state index in [9.17, 15) is 0 Å². The van der Waals surface area contributed by atoms with Gasteiger partial charge in [-0.3, -0.25) is 4.90 Å². The summed E-state index contributed by atoms with van der Waals surface area (Å²) in [4.78, 5) is 11.1. The van der Waals surface area contributed by atoms with Crippen LogP contribution in [0.3, 0.4) is 0 Å². The minimum Gasteiger partial charge on any atom is -0.493 e. The van der Waals surface area contributed by atoms with Crippen molar-refractivity contribution < 1.29 is 4.74 Å². The molecule has 0 aromatic heterocycles. The number of aliphatic imine (C=N–C) groups is 2. The second-order valence-electron chi connectivity index (χ2n) is 8.24. The summed E-state index contributed by atoms with van der Waals surface area (Å²) in [7, 11) is 0. The van der Waals surface area contributed by atoms with Crippen LogP contribution in [0.25, 0.3) is 11.1 Å². The summed E-state index contributed by atoms with van der Waals surface area (Å²) in [6.07, 6.45) is 5.28. The van der Waals surface area contributed by atoms with Crippen molar-refractivity contribution >= 4 is 17.6 Å². The molecule has 0 bridgehead atoms. The van der Waals surface area contributed by atoms with Crippen molar-refractivity contribution in [1.29, 1.82) is 0 Å². The Morgan fingerprint density at radius 2 is 1.70 bits per heavy atom. The van der Waals surface area contributed by atoms with Crippen LogP contribution in [0.15, 0.2) is 46.4 Å². The molecular weight excluding hydrogens is 374 g/mol. The number of anilines is 1. The van der Waals surface area contributed by atoms with Crippen molar-refractivity contribution in [3.8, 4) is 16.9 Å². The second-order valence-corrected chi connectivity index (χ2v) is 8.24. The van der Waals surface area contributed by atoms with Crippen molar-refractivity contribution in [1.82, 2.24) is 0 Å². The summed E-state index contributed by atoms with van der Waals surface area (Å²) < 4.78 is 5.81. The molecule has 1 aliphatic heterocycles. The summed E-state index contributed by atoms with van der Waals surface area (Å²) in [5.41, 5.74) is 17.5. The van der Waals surface area contributed by atoms with Gasteiger partial charge >= 0.3 is 0 Å². The molecule has 4 N–H and O–H groups in total. The number of aryl methyl sites for hydroxylation is 2. The summed E-state index contributed by atoms with van der Waals surface area (Å²) in [6, 6.07) is 12.8. The van der Waals surface area contributed by atoms with Gasteiger partial charge in [-0.1, -0.05) is 18.6 Å². The van der Waals surface area contributed by atoms with E-state index in [2.05, 4.69) is 60.1 Å². The lowest BCUT2D eigenvalue weighted by Crippen LogP contribution is -2.58. The number of hydrogen-bond acceptors (Lipinski definition) is 6. The molecule has 0 saturated heterocycles. The van der Waals surface area contributed by atoms with Crippen molar-refractivity contribution in [2.24, 2.45) is 21.5 Å². The number of hydrogen-bond donors (Lipinski definition) is 2. The van der Waals surface area contributed by atoms with Gasteiger partial charge < -0.3 is 16.2 Å². The molecule has 30 heavy (non-hydrogen) atoms. The molecular formula is C24H31N5O. The van der Waals surface area contributed by atoms with Gasteiger partial charge in [0.15, 0.2) is 0 Å². The minimum atomic E-state index is -0.433. The van der Waals surface area contributed by atoms with E-state index in [1.807, 2.05) is 6.92 Å². The molecule has 1 fully saturated rings. The molecule has 2 aliphatic rings. The van der Waals surface area contributed by atoms with E-state index < -0.39 is 5.66 Å². The lowest BCUT2D eigenvalue weighted by molar-refractivity contribution is 0.305. The fraction of sp³-hybridized carbons (Fsp3) is 0.417. The molecule has 6 nitrogen and oxygen atoms in total. The Kier molecular flexibility index (Phi) is 5.41. The number of guanidine groups is 2. The highest BCUT2D eigenvalue weighted by molar-refractivity contribution is 6.05. The highest BCUT2D eigenvalue weighted by Gasteiger charge is 2.42. The highest BCUT2D eigenvalue weighted by atomic mass is 16.5. The topological polar surface area (TPSA) is 89.2 Å². The summed E-state index contributed by atoms with van der Waals surface area (Å²) in [5.74, 6) is 1.66. The third-order valence-electron chi connectivity index (χ3n) is 6.04. The lowest BCUT2D eigenvalue weighted by atomic mass is 9.87. The maximum Gasteiger partial charge on any atom is 0.220 e. The third-order valence-corrected chi connectivity index (χ3v) is 6.04. The molecule has 0 unspecified atom stereocenters. The number of benzene rings is 2. The number of nitrogens with zero attached hydrogens (tertiary/aromatic N) is 3. The van der Waals surface area contributed by atoms with Crippen LogP contribution in [0.1, 0.15) is 50.2 Å². The van der Waals surface area contributed by atoms with Crippen LogP contribution in [-0.4, -0.2) is 24.2 Å². The molecule has 1 spiro atoms. The SMILES string of the molecule is CCOc1c(C)cc(-c2cccc(N3C(N)=NC(N)=NC34CCCCC4)c2)cc1C. The van der Waals surface area contributed by atoms with E-state index in [1.165, 1.54) is 6.42 Å². The lowest BCUT2D eigenvalue weighted by Gasteiger charge is -2.45. The van der Waals surface area contributed by atoms with Crippen molar-refractivity contribution in [2.45, 2.75) is 58.5 Å². The largest absolute Gasteiger partial charge is 0.493 e. The zero-order valence-electron chi connectivity index (χ0n) is 18.1. The van der Waals surface area contributed by atoms with E-state index in [4.69, 9.17) is 21.2 Å². The third kappa shape index (κ3) is 3.62. The molecule has 0 atom stereocenters. The maximum atomic E-state index is 6.40. The molecule has 4 rings (SSSR count). The van der Waals surface area contributed by atoms with Crippen LogP contribution < -0.4 is 21.1 Å². The number of ether oxygens (including phenoxy) is 1. The fourth-order valence-electron chi connectivity index (χ4n) is 4.81. The fourth-order valence-corrected chi connectivity index (χ4v) is 4.81. The first kappa shape index (κ1) is 20.3. The van der Waals surface area contributed by atoms with Gasteiger partial charge in [0.25, 0.3) is 0 Å². The smallest absolute Gasteiger partial charge is 0.220 e. The zero-order chi connectivity index (χ0) is 21.3. The van der Waals surface area contributed by atoms with E-state index in [0.717, 1.165) is 59.4 Å². The molecule has 2 aromatic rings. The molecule has 1 saturated carbocycles. The minimum absolute atomic E-state index is 0.277. The van der Waals surface area contributed by atoms with E-state index in [-0.39, 0.29) is 5.96 Å². The molecule has 0 amide bonds. The van der Waals surface area contributed by atoms with Gasteiger partial charge in [0.1, 0.15) is 11.4 Å². The number of nitrogens with two attached hydrogens (primary N) is 2. The summed E-state index contributed by atoms with van der Waals surface area (Å²) in [5, 5.41) is 0. The average molecular weight is 406 g/mol. The van der Waals surface area contributed by atoms with Gasteiger partial charge in [0.2, 0.25) is 11.9 Å². The first-order chi connectivity index (χ1) is 14.4. The van der Waals surface area contributed by atoms with Crippen LogP contribution in [-0.2, 0) is 0 Å². The van der Waals surface area contributed by atoms with E-state index in [1.54, 1.807) is 0 Å². The van der Waals surface area contributed by atoms with E-state index >= 15 is 0 Å². The molecule has 158 valence electrons. The van der Waals surface area contributed by atoms with Gasteiger partial charge in [-0.2, -0.15) is 4.99 Å². The van der Waals surface area contributed by atoms with Gasteiger partial charge in [-0.15, -0.1) is 0 Å². The quantitative estimate of drug-likeness (QED) is 0.785. The number of rotatable bonds is 4. The molecule has 0 radical (unpaired) electrons. The summed E-state index contributed by atoms with van der Waals surface area (Å²) >= 11 is 0. The van der Waals surface area contributed by atoms with Gasteiger partial charge in [0.05, 0.1) is 6.61 Å². The van der Waals surface area contributed by atoms with Crippen LogP contribution in [0.2, 0.25) is 0 Å². The zero-order valence-corrected chi connectivity index (χ0v) is 18.1. The van der Waals surface area contributed by atoms with Crippen LogP contribution >= 0.6 is 0 Å². The predicted molar refractivity (Wildman–Crippen MR) is 124 cm³/mol. The Hall–Kier alpha value is -3.02. The van der Waals surface area contributed by atoms with Crippen LogP contribution in [0.5, 0.6) is 5.75 Å². The molecule has 6 heteroatoms. The predicted octanol–water partition coefficient (Wildman–Crippen LogP) is 4.48. The first-order valence-electron chi connectivity index (χ1n) is 10.8. The molecule has 1 aliphatic carbocycles. The monoisotopic (exact) mass is 405 g/mol. The van der Waals surface area contributed by atoms with Gasteiger partial charge in [0, 0.05) is 5.69 Å². The molecule has 2 aromatic carbocycles. The van der Waals surface area contributed by atoms with Crippen molar-refractivity contribution in [3.05, 3.63) is 47.5 Å². The van der Waals surface area contributed by atoms with Gasteiger partial charge in [-0.05, 0) is 93.0 Å². The Labute approximate surface area is 178 Å². The van der Waals surface area contributed by atoms with E-state index in [0.29, 0.717) is 12.6 Å².